The quantitative estimate of drug-likeness (QED) is 0.523. The molecule has 0 unspecified atom stereocenters. The number of nitrogens with zero attached hydrogens (tertiary/aromatic N) is 2. The third-order valence-corrected chi connectivity index (χ3v) is 1.12. The zero-order valence-electron chi connectivity index (χ0n) is 5.74. The van der Waals surface area contributed by atoms with Crippen LogP contribution < -0.4 is 5.73 Å². The number of hydrogen-bond acceptors (Lipinski definition) is 4. The van der Waals surface area contributed by atoms with Gasteiger partial charge in [-0.05, 0) is 0 Å². The fraction of sp³-hybridized carbons (Fsp3) is 0.333. The van der Waals surface area contributed by atoms with Crippen molar-refractivity contribution in [3.05, 3.63) is 11.9 Å². The first-order valence-electron chi connectivity index (χ1n) is 2.93. The maximum atomic E-state index is 5.23. The van der Waals surface area contributed by atoms with Gasteiger partial charge in [0.1, 0.15) is 0 Å². The van der Waals surface area contributed by atoms with Crippen molar-refractivity contribution in [3.63, 3.8) is 0 Å². The summed E-state index contributed by atoms with van der Waals surface area (Å²) in [6, 6.07) is 0.364. The highest BCUT2D eigenvalue weighted by molar-refractivity contribution is 5.87. The Labute approximate surface area is 59.1 Å². The van der Waals surface area contributed by atoms with Gasteiger partial charge in [0.25, 0.3) is 0 Å². The first-order chi connectivity index (χ1) is 4.86. The van der Waals surface area contributed by atoms with E-state index in [9.17, 15) is 0 Å². The first-order valence-corrected chi connectivity index (χ1v) is 2.93. The summed E-state index contributed by atoms with van der Waals surface area (Å²) < 4.78 is 4.78. The lowest BCUT2D eigenvalue weighted by Gasteiger charge is -2.04. The van der Waals surface area contributed by atoms with Crippen LogP contribution in [0.3, 0.4) is 0 Å². The third kappa shape index (κ3) is 1.34. The molecule has 10 heavy (non-hydrogen) atoms. The van der Waals surface area contributed by atoms with Crippen molar-refractivity contribution in [3.8, 4) is 0 Å². The Balaban J connectivity index is 2.74. The third-order valence-electron chi connectivity index (χ3n) is 1.12. The van der Waals surface area contributed by atoms with Crippen LogP contribution in [0.1, 0.15) is 6.42 Å². The molecular weight excluding hydrogens is 130 g/mol. The van der Waals surface area contributed by atoms with E-state index in [1.54, 1.807) is 6.21 Å². The molecule has 0 aromatic carbocycles. The molecule has 4 nitrogen and oxygen atoms in total. The lowest BCUT2D eigenvalue weighted by Crippen LogP contribution is -2.04. The number of aliphatic imine (C=N–C) groups is 2. The number of rotatable bonds is 0. The summed E-state index contributed by atoms with van der Waals surface area (Å²) in [5.41, 5.74) is 6.02. The van der Waals surface area contributed by atoms with Crippen LogP contribution in [0, 0.1) is 0 Å². The van der Waals surface area contributed by atoms with Crippen LogP contribution in [0.15, 0.2) is 21.9 Å². The van der Waals surface area contributed by atoms with E-state index in [0.29, 0.717) is 12.4 Å². The number of amidine groups is 1. The molecule has 1 rings (SSSR count). The van der Waals surface area contributed by atoms with Crippen molar-refractivity contribution in [2.45, 2.75) is 6.42 Å². The zero-order chi connectivity index (χ0) is 7.40. The molecule has 0 spiro atoms. The topological polar surface area (TPSA) is 60.0 Å². The second-order valence-corrected chi connectivity index (χ2v) is 1.77. The Kier molecular flexibility index (Phi) is 2.04. The molecule has 0 aliphatic carbocycles. The lowest BCUT2D eigenvalue weighted by atomic mass is 10.3. The van der Waals surface area contributed by atoms with E-state index in [1.807, 2.05) is 0 Å². The molecule has 0 bridgehead atoms. The summed E-state index contributed by atoms with van der Waals surface area (Å²) in [6.45, 7) is 0. The molecule has 0 radical (unpaired) electrons. The average molecular weight is 139 g/mol. The Morgan fingerprint density at radius 1 is 1.80 bits per heavy atom. The Morgan fingerprint density at radius 3 is 3.20 bits per heavy atom. The van der Waals surface area contributed by atoms with Gasteiger partial charge in [-0.2, -0.15) is 4.99 Å². The van der Waals surface area contributed by atoms with Gasteiger partial charge < -0.3 is 10.5 Å². The number of methoxy groups -OCH3 is 1. The highest BCUT2D eigenvalue weighted by Gasteiger charge is 2.02. The van der Waals surface area contributed by atoms with Crippen molar-refractivity contribution in [2.24, 2.45) is 15.7 Å². The average Bonchev–Trinajstić information content (AvgIpc) is 2.05. The molecule has 0 fully saturated rings. The molecule has 1 aliphatic heterocycles. The fourth-order valence-electron chi connectivity index (χ4n) is 0.618. The Bertz CT molecular complexity index is 205. The van der Waals surface area contributed by atoms with E-state index in [2.05, 4.69) is 9.98 Å². The van der Waals surface area contributed by atoms with Crippen LogP contribution >= 0.6 is 0 Å². The van der Waals surface area contributed by atoms with Gasteiger partial charge in [-0.1, -0.05) is 0 Å². The van der Waals surface area contributed by atoms with Crippen LogP contribution in [0.2, 0.25) is 0 Å². The van der Waals surface area contributed by atoms with Crippen molar-refractivity contribution in [2.75, 3.05) is 7.11 Å². The number of ether oxygens (including phenoxy) is 1. The van der Waals surface area contributed by atoms with Gasteiger partial charge in [-0.15, -0.1) is 0 Å². The van der Waals surface area contributed by atoms with Gasteiger partial charge in [0.05, 0.1) is 12.8 Å². The molecule has 0 saturated heterocycles. The Morgan fingerprint density at radius 2 is 2.60 bits per heavy atom. The minimum Gasteiger partial charge on any atom is -0.467 e. The van der Waals surface area contributed by atoms with E-state index in [-0.39, 0.29) is 0 Å². The molecule has 0 aromatic rings. The van der Waals surface area contributed by atoms with E-state index < -0.39 is 0 Å². The first kappa shape index (κ1) is 6.80. The van der Waals surface area contributed by atoms with Crippen molar-refractivity contribution < 1.29 is 4.74 Å². The van der Waals surface area contributed by atoms with Crippen LogP contribution in [0.5, 0.6) is 0 Å². The van der Waals surface area contributed by atoms with Gasteiger partial charge in [-0.3, -0.25) is 0 Å². The summed E-state index contributed by atoms with van der Waals surface area (Å²) in [5, 5.41) is 0. The van der Waals surface area contributed by atoms with Crippen molar-refractivity contribution >= 4 is 12.2 Å². The predicted molar refractivity (Wildman–Crippen MR) is 39.8 cm³/mol. The van der Waals surface area contributed by atoms with Gasteiger partial charge in [-0.25, -0.2) is 4.99 Å². The highest BCUT2D eigenvalue weighted by atomic mass is 16.5. The monoisotopic (exact) mass is 139 g/mol. The molecule has 0 amide bonds. The summed E-state index contributed by atoms with van der Waals surface area (Å²) in [7, 11) is 1.52. The maximum absolute atomic E-state index is 5.23. The molecule has 2 N–H and O–H groups in total. The molecule has 1 aliphatic rings. The van der Waals surface area contributed by atoms with E-state index in [0.717, 1.165) is 5.70 Å². The van der Waals surface area contributed by atoms with Crippen molar-refractivity contribution in [1.82, 2.24) is 0 Å². The predicted octanol–water partition coefficient (Wildman–Crippen LogP) is 0.263. The lowest BCUT2D eigenvalue weighted by molar-refractivity contribution is 0.396. The number of allylic oxidation sites excluding steroid dienone is 1. The van der Waals surface area contributed by atoms with E-state index in [4.69, 9.17) is 10.5 Å². The minimum absolute atomic E-state index is 0.364. The largest absolute Gasteiger partial charge is 0.467 e. The zero-order valence-corrected chi connectivity index (χ0v) is 5.74. The van der Waals surface area contributed by atoms with E-state index >= 15 is 0 Å². The highest BCUT2D eigenvalue weighted by Crippen LogP contribution is 2.05. The second-order valence-electron chi connectivity index (χ2n) is 1.77. The Hall–Kier alpha value is -1.32. The van der Waals surface area contributed by atoms with Gasteiger partial charge in [0.2, 0.25) is 0 Å². The summed E-state index contributed by atoms with van der Waals surface area (Å²) in [4.78, 5) is 7.80. The van der Waals surface area contributed by atoms with Crippen molar-refractivity contribution in [1.29, 1.82) is 0 Å². The summed E-state index contributed by atoms with van der Waals surface area (Å²) in [6.07, 6.45) is 3.85. The van der Waals surface area contributed by atoms with Gasteiger partial charge >= 0.3 is 6.02 Å². The number of hydrogen-bond donors (Lipinski definition) is 1. The number of nitrogens with two attached hydrogens (primary N) is 1. The molecule has 0 saturated carbocycles. The normalized spacial score (nSPS) is 20.9. The van der Waals surface area contributed by atoms with E-state index in [1.165, 1.54) is 13.3 Å². The van der Waals surface area contributed by atoms with Gasteiger partial charge in [0.15, 0.2) is 0 Å². The summed E-state index contributed by atoms with van der Waals surface area (Å²) >= 11 is 0. The smallest absolute Gasteiger partial charge is 0.316 e. The SMILES string of the molecule is COC1=N/C(=C/N)CC=N1. The van der Waals surface area contributed by atoms with Gasteiger partial charge in [0, 0.05) is 18.8 Å². The van der Waals surface area contributed by atoms with Crippen LogP contribution in [-0.2, 0) is 4.74 Å². The summed E-state index contributed by atoms with van der Waals surface area (Å²) in [5.74, 6) is 0. The second kappa shape index (κ2) is 3.00. The van der Waals surface area contributed by atoms with Crippen LogP contribution in [0.25, 0.3) is 0 Å². The fourth-order valence-corrected chi connectivity index (χ4v) is 0.618. The molecule has 1 heterocycles. The van der Waals surface area contributed by atoms with Crippen LogP contribution in [0.4, 0.5) is 0 Å². The standard InChI is InChI=1S/C6H9N3O/c1-10-6-8-3-2-5(4-7)9-6/h3-4H,2,7H2,1H3/b5-4+. The van der Waals surface area contributed by atoms with Crippen LogP contribution in [-0.4, -0.2) is 19.3 Å². The molecule has 54 valence electrons. The minimum atomic E-state index is 0.364. The molecular formula is C6H9N3O. The molecule has 0 aromatic heterocycles. The molecule has 4 heteroatoms. The molecule has 0 atom stereocenters. The maximum Gasteiger partial charge on any atom is 0.316 e.